The smallest absolute Gasteiger partial charge is 0.246 e. The first-order valence-corrected chi connectivity index (χ1v) is 8.79. The fourth-order valence-corrected chi connectivity index (χ4v) is 2.66. The number of hydrogen-bond acceptors (Lipinski definition) is 4. The number of rotatable bonds is 8. The van der Waals surface area contributed by atoms with Crippen molar-refractivity contribution in [1.29, 1.82) is 5.26 Å². The molecule has 2 aromatic carbocycles. The monoisotopic (exact) mass is 364 g/mol. The second-order valence-electron chi connectivity index (χ2n) is 6.01. The zero-order valence-corrected chi connectivity index (χ0v) is 15.9. The number of benzene rings is 2. The Kier molecular flexibility index (Phi) is 7.45. The van der Waals surface area contributed by atoms with E-state index < -0.39 is 0 Å². The third kappa shape index (κ3) is 5.61. The van der Waals surface area contributed by atoms with Crippen molar-refractivity contribution in [1.82, 2.24) is 4.90 Å². The summed E-state index contributed by atoms with van der Waals surface area (Å²) >= 11 is 0. The van der Waals surface area contributed by atoms with Gasteiger partial charge in [0.25, 0.3) is 0 Å². The van der Waals surface area contributed by atoms with Crippen molar-refractivity contribution < 1.29 is 14.3 Å². The van der Waals surface area contributed by atoms with Crippen LogP contribution in [0.4, 0.5) is 0 Å². The maximum Gasteiger partial charge on any atom is 0.246 e. The van der Waals surface area contributed by atoms with E-state index in [-0.39, 0.29) is 5.91 Å². The minimum absolute atomic E-state index is 0.0703. The second-order valence-corrected chi connectivity index (χ2v) is 6.01. The van der Waals surface area contributed by atoms with Crippen LogP contribution >= 0.6 is 0 Å². The Hall–Kier alpha value is -3.26. The van der Waals surface area contributed by atoms with Crippen LogP contribution in [0, 0.1) is 11.3 Å². The predicted octanol–water partition coefficient (Wildman–Crippen LogP) is 4.03. The highest BCUT2D eigenvalue weighted by atomic mass is 16.5. The van der Waals surface area contributed by atoms with E-state index in [0.29, 0.717) is 30.2 Å². The highest BCUT2D eigenvalue weighted by molar-refractivity contribution is 5.92. The van der Waals surface area contributed by atoms with Gasteiger partial charge in [-0.15, -0.1) is 0 Å². The number of nitriles is 1. The third-order valence-electron chi connectivity index (χ3n) is 4.11. The molecule has 0 saturated heterocycles. The van der Waals surface area contributed by atoms with Crippen molar-refractivity contribution in [2.45, 2.75) is 19.9 Å². The molecule has 1 amide bonds. The zero-order chi connectivity index (χ0) is 19.6. The van der Waals surface area contributed by atoms with E-state index in [2.05, 4.69) is 6.07 Å². The minimum Gasteiger partial charge on any atom is -0.497 e. The largest absolute Gasteiger partial charge is 0.497 e. The van der Waals surface area contributed by atoms with Crippen molar-refractivity contribution in [3.05, 3.63) is 65.2 Å². The SMILES string of the molecule is CCCN(Cc1ccc(C#N)cc1)C(=O)/C=C/c1ccc(OC)cc1OC. The third-order valence-corrected chi connectivity index (χ3v) is 4.11. The Morgan fingerprint density at radius 3 is 2.48 bits per heavy atom. The zero-order valence-electron chi connectivity index (χ0n) is 15.9. The molecule has 0 fully saturated rings. The van der Waals surface area contributed by atoms with Gasteiger partial charge in [-0.1, -0.05) is 19.1 Å². The van der Waals surface area contributed by atoms with Crippen molar-refractivity contribution in [3.8, 4) is 17.6 Å². The first-order valence-electron chi connectivity index (χ1n) is 8.79. The standard InChI is InChI=1S/C22H24N2O3/c1-4-13-24(16-18-7-5-17(15-23)6-8-18)22(25)12-10-19-9-11-20(26-2)14-21(19)27-3/h5-12,14H,4,13,16H2,1-3H3/b12-10+. The van der Waals surface area contributed by atoms with Gasteiger partial charge in [0.15, 0.2) is 0 Å². The van der Waals surface area contributed by atoms with Gasteiger partial charge in [-0.3, -0.25) is 4.79 Å². The van der Waals surface area contributed by atoms with Crippen LogP contribution in [0.5, 0.6) is 11.5 Å². The van der Waals surface area contributed by atoms with Gasteiger partial charge in [-0.2, -0.15) is 5.26 Å². The quantitative estimate of drug-likeness (QED) is 0.664. The highest BCUT2D eigenvalue weighted by Crippen LogP contribution is 2.25. The normalized spacial score (nSPS) is 10.4. The molecule has 0 radical (unpaired) electrons. The van der Waals surface area contributed by atoms with E-state index in [1.54, 1.807) is 49.5 Å². The van der Waals surface area contributed by atoms with Gasteiger partial charge in [0.1, 0.15) is 11.5 Å². The summed E-state index contributed by atoms with van der Waals surface area (Å²) in [5.41, 5.74) is 2.41. The Morgan fingerprint density at radius 2 is 1.89 bits per heavy atom. The van der Waals surface area contributed by atoms with Crippen LogP contribution in [-0.4, -0.2) is 31.6 Å². The van der Waals surface area contributed by atoms with Crippen molar-refractivity contribution in [2.24, 2.45) is 0 Å². The molecule has 0 aliphatic rings. The van der Waals surface area contributed by atoms with Crippen molar-refractivity contribution >= 4 is 12.0 Å². The lowest BCUT2D eigenvalue weighted by molar-refractivity contribution is -0.126. The van der Waals surface area contributed by atoms with Crippen LogP contribution in [0.1, 0.15) is 30.0 Å². The number of methoxy groups -OCH3 is 2. The van der Waals surface area contributed by atoms with Crippen LogP contribution < -0.4 is 9.47 Å². The lowest BCUT2D eigenvalue weighted by Gasteiger charge is -2.20. The Labute approximate surface area is 160 Å². The van der Waals surface area contributed by atoms with Gasteiger partial charge in [-0.25, -0.2) is 0 Å². The average molecular weight is 364 g/mol. The Bertz CT molecular complexity index is 836. The number of hydrogen-bond donors (Lipinski definition) is 0. The summed E-state index contributed by atoms with van der Waals surface area (Å²) in [6, 6.07) is 14.9. The van der Waals surface area contributed by atoms with Crippen LogP contribution in [0.2, 0.25) is 0 Å². The topological polar surface area (TPSA) is 62.6 Å². The van der Waals surface area contributed by atoms with E-state index in [9.17, 15) is 4.79 Å². The van der Waals surface area contributed by atoms with Crippen LogP contribution in [0.15, 0.2) is 48.5 Å². The summed E-state index contributed by atoms with van der Waals surface area (Å²) in [6.45, 7) is 3.20. The molecular formula is C22H24N2O3. The molecule has 0 N–H and O–H groups in total. The van der Waals surface area contributed by atoms with Gasteiger partial charge in [-0.05, 0) is 42.3 Å². The molecule has 0 bridgehead atoms. The number of ether oxygens (including phenoxy) is 2. The molecule has 0 atom stereocenters. The minimum atomic E-state index is -0.0703. The molecule has 27 heavy (non-hydrogen) atoms. The summed E-state index contributed by atoms with van der Waals surface area (Å²) in [4.78, 5) is 14.5. The first kappa shape index (κ1) is 20.1. The van der Waals surface area contributed by atoms with Gasteiger partial charge in [0, 0.05) is 30.8 Å². The second kappa shape index (κ2) is 10.0. The van der Waals surface area contributed by atoms with Gasteiger partial charge in [0.2, 0.25) is 5.91 Å². The lowest BCUT2D eigenvalue weighted by Crippen LogP contribution is -2.29. The summed E-state index contributed by atoms with van der Waals surface area (Å²) in [7, 11) is 3.18. The summed E-state index contributed by atoms with van der Waals surface area (Å²) < 4.78 is 10.6. The number of carbonyl (C=O) groups excluding carboxylic acids is 1. The van der Waals surface area contributed by atoms with Crippen molar-refractivity contribution in [3.63, 3.8) is 0 Å². The molecule has 0 heterocycles. The fourth-order valence-electron chi connectivity index (χ4n) is 2.66. The van der Waals surface area contributed by atoms with E-state index in [4.69, 9.17) is 14.7 Å². The maximum absolute atomic E-state index is 12.7. The first-order chi connectivity index (χ1) is 13.1. The molecule has 140 valence electrons. The van der Waals surface area contributed by atoms with E-state index in [1.807, 2.05) is 31.2 Å². The number of nitrogens with zero attached hydrogens (tertiary/aromatic N) is 2. The summed E-state index contributed by atoms with van der Waals surface area (Å²) in [5.74, 6) is 1.27. The molecule has 2 aromatic rings. The predicted molar refractivity (Wildman–Crippen MR) is 105 cm³/mol. The van der Waals surface area contributed by atoms with Gasteiger partial charge in [0.05, 0.1) is 25.9 Å². The average Bonchev–Trinajstić information content (AvgIpc) is 2.72. The lowest BCUT2D eigenvalue weighted by atomic mass is 10.1. The van der Waals surface area contributed by atoms with Gasteiger partial charge >= 0.3 is 0 Å². The molecule has 0 aliphatic heterocycles. The molecule has 5 heteroatoms. The highest BCUT2D eigenvalue weighted by Gasteiger charge is 2.11. The maximum atomic E-state index is 12.7. The Balaban J connectivity index is 2.14. The van der Waals surface area contributed by atoms with E-state index in [1.165, 1.54) is 0 Å². The van der Waals surface area contributed by atoms with E-state index >= 15 is 0 Å². The molecule has 5 nitrogen and oxygen atoms in total. The van der Waals surface area contributed by atoms with Crippen LogP contribution in [0.25, 0.3) is 6.08 Å². The molecule has 0 saturated carbocycles. The molecule has 0 aromatic heterocycles. The molecule has 2 rings (SSSR count). The Morgan fingerprint density at radius 1 is 1.15 bits per heavy atom. The molecular weight excluding hydrogens is 340 g/mol. The molecule has 0 aliphatic carbocycles. The van der Waals surface area contributed by atoms with Crippen LogP contribution in [0.3, 0.4) is 0 Å². The van der Waals surface area contributed by atoms with Gasteiger partial charge < -0.3 is 14.4 Å². The fraction of sp³-hybridized carbons (Fsp3) is 0.273. The molecule has 0 spiro atoms. The van der Waals surface area contributed by atoms with E-state index in [0.717, 1.165) is 17.5 Å². The molecule has 0 unspecified atom stereocenters. The van der Waals surface area contributed by atoms with Crippen LogP contribution in [-0.2, 0) is 11.3 Å². The summed E-state index contributed by atoms with van der Waals surface area (Å²) in [6.07, 6.45) is 4.17. The summed E-state index contributed by atoms with van der Waals surface area (Å²) in [5, 5.41) is 8.89. The number of amides is 1. The number of carbonyl (C=O) groups is 1. The van der Waals surface area contributed by atoms with Crippen molar-refractivity contribution in [2.75, 3.05) is 20.8 Å².